The van der Waals surface area contributed by atoms with Crippen molar-refractivity contribution in [1.29, 1.82) is 0 Å². The Balaban J connectivity index is 0.779. The lowest BCUT2D eigenvalue weighted by Gasteiger charge is -2.38. The predicted molar refractivity (Wildman–Crippen MR) is 372 cm³/mol. The minimum absolute atomic E-state index is 0.0697. The number of hydrogen-bond donors (Lipinski definition) is 6. The molecule has 18 atom stereocenters. The van der Waals surface area contributed by atoms with Gasteiger partial charge >= 0.3 is 0 Å². The number of ketones is 2. The molecule has 23 heteroatoms. The van der Waals surface area contributed by atoms with Crippen molar-refractivity contribution in [3.05, 3.63) is 107 Å². The Morgan fingerprint density at radius 2 is 1.21 bits per heavy atom. The molecule has 9 aliphatic rings. The van der Waals surface area contributed by atoms with Gasteiger partial charge in [-0.1, -0.05) is 128 Å². The summed E-state index contributed by atoms with van der Waals surface area (Å²) in [5.41, 5.74) is 2.44. The fraction of sp³-hybridized carbons (Fsp3) is 0.603. The number of hydrogen-bond acceptors (Lipinski definition) is 13. The normalized spacial score (nSPS) is 28.8. The quantitative estimate of drug-likeness (QED) is 0.0278. The molecule has 9 fully saturated rings. The fourth-order valence-corrected chi connectivity index (χ4v) is 18.9. The van der Waals surface area contributed by atoms with Crippen LogP contribution in [0.1, 0.15) is 177 Å². The third kappa shape index (κ3) is 14.2. The van der Waals surface area contributed by atoms with Crippen LogP contribution in [0, 0.1) is 64.6 Å². The largest absolute Gasteiger partial charge is 0.356 e. The first kappa shape index (κ1) is 70.8. The van der Waals surface area contributed by atoms with Gasteiger partial charge in [0, 0.05) is 49.9 Å². The van der Waals surface area contributed by atoms with Crippen LogP contribution in [0.2, 0.25) is 0 Å². The van der Waals surface area contributed by atoms with E-state index in [9.17, 15) is 38.4 Å². The lowest BCUT2D eigenvalue weighted by molar-refractivity contribution is -0.145. The number of Topliss-reactive ketones (excluding diaryl/α,β-unsaturated/α-hetero) is 2. The summed E-state index contributed by atoms with van der Waals surface area (Å²) in [7, 11) is 0. The molecule has 101 heavy (non-hydrogen) atoms. The number of fused-ring (bicyclic) bond motifs is 4. The maximum absolute atomic E-state index is 16.3. The molecule has 4 aliphatic heterocycles. The second-order valence-electron chi connectivity index (χ2n) is 31.5. The van der Waals surface area contributed by atoms with Gasteiger partial charge in [-0.05, 0) is 171 Å². The highest BCUT2D eigenvalue weighted by Crippen LogP contribution is 2.67. The lowest BCUT2D eigenvalue weighted by atomic mass is 9.76. The SMILES string of the molecule is CCC[C@@H](NC(=O)C1[C@H]2CC(C(C)[C@@H](C(=O)N3C[C@H]4[C@@H](C3C(=O)N[C@H](CCC)C(=O)C(=O)NC3CC3)C4(C)Cc3cccc4cc(C(=O)N5C[C@@H]6CCC[C@@H]6C5C(=O)N[C@H](C=O)C[C@@H]5CCNC5=O)nn34)c3ccccc3)C[C@H]2CN1C(=O)[C@@H](c1ccccc1)C(C)C)C(=O)C(=O)NC1CC1. The summed E-state index contributed by atoms with van der Waals surface area (Å²) in [6.07, 6.45) is 9.78. The minimum Gasteiger partial charge on any atom is -0.356 e. The summed E-state index contributed by atoms with van der Waals surface area (Å²) in [5, 5.41) is 22.2. The molecule has 5 saturated carbocycles. The number of benzene rings is 2. The maximum atomic E-state index is 16.3. The Morgan fingerprint density at radius 3 is 1.79 bits per heavy atom. The Labute approximate surface area is 590 Å². The second-order valence-corrected chi connectivity index (χ2v) is 31.5. The Bertz CT molecular complexity index is 3870. The van der Waals surface area contributed by atoms with Gasteiger partial charge in [0.2, 0.25) is 47.0 Å². The van der Waals surface area contributed by atoms with Crippen molar-refractivity contribution in [2.75, 3.05) is 26.2 Å². The van der Waals surface area contributed by atoms with Crippen LogP contribution in [0.5, 0.6) is 0 Å². The van der Waals surface area contributed by atoms with Gasteiger partial charge in [0.25, 0.3) is 17.7 Å². The number of likely N-dealkylation sites (tertiary alicyclic amines) is 3. The number of pyridine rings is 1. The van der Waals surface area contributed by atoms with Crippen LogP contribution >= 0.6 is 0 Å². The Morgan fingerprint density at radius 1 is 0.634 bits per heavy atom. The standard InChI is InChI=1S/C78H99N11O12/c1-7-17-58(67(91)73(97)80-50-27-28-50)83-71(95)65-56-35-48(33-49(56)39-87(65)76(100)61(42(3)4)44-19-11-9-12-20-44)43(5)62(45-21-13-10-14-22-45)77(101)88-40-57-63(66(88)72(96)84-59(18-8-2)68(92)74(98)81-51-29-30-51)78(57,6)37-54-25-16-24-53-36-60(85-89(53)54)75(99)86-38-47-23-15-26-55(47)64(86)70(94)82-52(41-90)34-46-31-32-79-69(46)93/h9-14,16,19-22,24-25,36,41-43,46-52,55-59,61-66H,7-8,15,17-18,23,26-35,37-40H2,1-6H3,(H,79,93)(H,80,97)(H,81,98)(H,82,94)(H,83,95)(H,84,96)/t43?,46-,47-,48?,49-,52-,55-,56-,57-,58+,59+,61+,62+,63-,64?,65?,66?,78?/m0/s1. The summed E-state index contributed by atoms with van der Waals surface area (Å²) in [4.78, 5) is 176. The molecule has 13 rings (SSSR count). The molecule has 6 N–H and O–H groups in total. The third-order valence-electron chi connectivity index (χ3n) is 24.5. The van der Waals surface area contributed by atoms with Crippen LogP contribution in [0.4, 0.5) is 0 Å². The molecule has 0 radical (unpaired) electrons. The van der Waals surface area contributed by atoms with Crippen molar-refractivity contribution in [2.24, 2.45) is 64.6 Å². The van der Waals surface area contributed by atoms with Gasteiger partial charge in [-0.25, -0.2) is 4.52 Å². The maximum Gasteiger partial charge on any atom is 0.289 e. The van der Waals surface area contributed by atoms with E-state index < -0.39 is 112 Å². The van der Waals surface area contributed by atoms with Crippen molar-refractivity contribution in [1.82, 2.24) is 56.2 Å². The highest BCUT2D eigenvalue weighted by molar-refractivity contribution is 6.39. The molecular formula is C78H99N11O12. The van der Waals surface area contributed by atoms with Crippen LogP contribution < -0.4 is 31.9 Å². The number of piperidine rings is 1. The highest BCUT2D eigenvalue weighted by atomic mass is 16.2. The molecule has 9 amide bonds. The summed E-state index contributed by atoms with van der Waals surface area (Å²) in [5.74, 6) is -9.18. The first-order valence-electron chi connectivity index (χ1n) is 37.4. The van der Waals surface area contributed by atoms with E-state index in [-0.39, 0.29) is 115 Å². The van der Waals surface area contributed by atoms with Crippen molar-refractivity contribution in [3.8, 4) is 0 Å². The topological polar surface area (TPSA) is 304 Å². The van der Waals surface area contributed by atoms with E-state index in [1.165, 1.54) is 0 Å². The van der Waals surface area contributed by atoms with E-state index in [2.05, 4.69) is 45.7 Å². The number of carbonyl (C=O) groups is 12. The van der Waals surface area contributed by atoms with Gasteiger partial charge in [-0.3, -0.25) is 52.7 Å². The zero-order valence-electron chi connectivity index (χ0n) is 59.0. The Kier molecular flexibility index (Phi) is 20.6. The van der Waals surface area contributed by atoms with Crippen molar-refractivity contribution >= 4 is 76.5 Å². The molecule has 0 bridgehead atoms. The number of carbonyl (C=O) groups excluding carboxylic acids is 12. The molecular weight excluding hydrogens is 1280 g/mol. The van der Waals surface area contributed by atoms with Crippen LogP contribution in [-0.4, -0.2) is 170 Å². The Hall–Kier alpha value is -8.63. The van der Waals surface area contributed by atoms with Crippen LogP contribution in [0.3, 0.4) is 0 Å². The average Bonchev–Trinajstić information content (AvgIpc) is 1.51. The van der Waals surface area contributed by atoms with Crippen LogP contribution in [0.25, 0.3) is 5.52 Å². The predicted octanol–water partition coefficient (Wildman–Crippen LogP) is 5.77. The molecule has 5 aliphatic carbocycles. The summed E-state index contributed by atoms with van der Waals surface area (Å²) >= 11 is 0. The first-order valence-corrected chi connectivity index (χ1v) is 37.4. The van der Waals surface area contributed by atoms with E-state index in [1.807, 2.05) is 107 Å². The molecule has 4 aromatic rings. The van der Waals surface area contributed by atoms with Gasteiger partial charge in [-0.15, -0.1) is 0 Å². The van der Waals surface area contributed by atoms with E-state index >= 15 is 19.2 Å². The highest BCUT2D eigenvalue weighted by Gasteiger charge is 2.72. The van der Waals surface area contributed by atoms with Gasteiger partial charge in [-0.2, -0.15) is 5.10 Å². The number of aldehydes is 1. The zero-order valence-corrected chi connectivity index (χ0v) is 59.0. The number of amides is 9. The van der Waals surface area contributed by atoms with E-state index in [0.717, 1.165) is 61.8 Å². The molecule has 6 unspecified atom stereocenters. The van der Waals surface area contributed by atoms with Crippen LogP contribution in [-0.2, 0) is 59.2 Å². The van der Waals surface area contributed by atoms with Crippen molar-refractivity contribution < 1.29 is 57.5 Å². The summed E-state index contributed by atoms with van der Waals surface area (Å²) in [6.45, 7) is 13.2. The minimum atomic E-state index is -1.16. The number of nitrogens with one attached hydrogen (secondary N) is 6. The monoisotopic (exact) mass is 1380 g/mol. The van der Waals surface area contributed by atoms with Gasteiger partial charge < -0.3 is 51.4 Å². The number of rotatable bonds is 29. The fourth-order valence-electron chi connectivity index (χ4n) is 18.9. The summed E-state index contributed by atoms with van der Waals surface area (Å²) < 4.78 is 1.73. The first-order chi connectivity index (χ1) is 48.6. The molecule has 538 valence electrons. The third-order valence-corrected chi connectivity index (χ3v) is 24.5. The molecule has 4 saturated heterocycles. The number of aromatic nitrogens is 2. The molecule has 0 spiro atoms. The van der Waals surface area contributed by atoms with E-state index in [1.54, 1.807) is 25.3 Å². The van der Waals surface area contributed by atoms with Crippen LogP contribution in [0.15, 0.2) is 84.9 Å². The van der Waals surface area contributed by atoms with Gasteiger partial charge in [0.15, 0.2) is 5.69 Å². The molecule has 6 heterocycles. The summed E-state index contributed by atoms with van der Waals surface area (Å²) in [6, 6.07) is 20.2. The lowest BCUT2D eigenvalue weighted by Crippen LogP contribution is -2.56. The van der Waals surface area contributed by atoms with E-state index in [0.29, 0.717) is 63.4 Å². The molecule has 2 aromatic heterocycles. The van der Waals surface area contributed by atoms with Crippen molar-refractivity contribution in [2.45, 2.75) is 204 Å². The van der Waals surface area contributed by atoms with Crippen molar-refractivity contribution in [3.63, 3.8) is 0 Å². The van der Waals surface area contributed by atoms with Gasteiger partial charge in [0.1, 0.15) is 24.4 Å². The molecule has 2 aromatic carbocycles. The smallest absolute Gasteiger partial charge is 0.289 e. The van der Waals surface area contributed by atoms with E-state index in [4.69, 9.17) is 5.10 Å². The second kappa shape index (κ2) is 29.4. The zero-order chi connectivity index (χ0) is 71.3. The average molecular weight is 1380 g/mol. The molecule has 23 nitrogen and oxygen atoms in total. The number of nitrogens with zero attached hydrogens (tertiary/aromatic N) is 5. The van der Waals surface area contributed by atoms with Gasteiger partial charge in [0.05, 0.1) is 35.5 Å².